The van der Waals surface area contributed by atoms with Crippen LogP contribution in [0.2, 0.25) is 0 Å². The first-order valence-electron chi connectivity index (χ1n) is 6.57. The van der Waals surface area contributed by atoms with Gasteiger partial charge in [0.25, 0.3) is 5.91 Å². The van der Waals surface area contributed by atoms with Crippen molar-refractivity contribution in [1.82, 2.24) is 0 Å². The highest BCUT2D eigenvalue weighted by Gasteiger charge is 2.23. The lowest BCUT2D eigenvalue weighted by atomic mass is 10.0. The van der Waals surface area contributed by atoms with E-state index in [1.54, 1.807) is 6.92 Å². The van der Waals surface area contributed by atoms with Gasteiger partial charge in [0.1, 0.15) is 5.75 Å². The van der Waals surface area contributed by atoms with Crippen LogP contribution in [0.3, 0.4) is 0 Å². The Hall–Kier alpha value is -2.49. The summed E-state index contributed by atoms with van der Waals surface area (Å²) in [4.78, 5) is 11.6. The summed E-state index contributed by atoms with van der Waals surface area (Å²) in [5.41, 5.74) is 9.46. The molecule has 3 N–H and O–H groups in total. The van der Waals surface area contributed by atoms with Gasteiger partial charge in [-0.1, -0.05) is 18.2 Å². The highest BCUT2D eigenvalue weighted by molar-refractivity contribution is 5.97. The fourth-order valence-corrected chi connectivity index (χ4v) is 2.24. The number of nitrogens with one attached hydrogen (secondary N) is 1. The van der Waals surface area contributed by atoms with E-state index in [0.29, 0.717) is 0 Å². The van der Waals surface area contributed by atoms with Crippen molar-refractivity contribution in [3.8, 4) is 5.75 Å². The maximum Gasteiger partial charge on any atom is 0.265 e. The number of benzene rings is 2. The monoisotopic (exact) mass is 268 g/mol. The van der Waals surface area contributed by atoms with Crippen LogP contribution in [-0.4, -0.2) is 12.0 Å². The summed E-state index contributed by atoms with van der Waals surface area (Å²) in [6, 6.07) is 13.7. The van der Waals surface area contributed by atoms with Gasteiger partial charge in [-0.15, -0.1) is 0 Å². The fourth-order valence-electron chi connectivity index (χ4n) is 2.24. The van der Waals surface area contributed by atoms with E-state index in [1.807, 2.05) is 42.5 Å². The molecule has 1 unspecified atom stereocenters. The number of nitrogens with two attached hydrogens (primary N) is 1. The molecule has 102 valence electrons. The van der Waals surface area contributed by atoms with Crippen LogP contribution in [0.1, 0.15) is 18.1 Å². The molecule has 0 saturated carbocycles. The Balaban J connectivity index is 1.84. The zero-order valence-electron chi connectivity index (χ0n) is 11.2. The van der Waals surface area contributed by atoms with Gasteiger partial charge in [-0.25, -0.2) is 0 Å². The summed E-state index contributed by atoms with van der Waals surface area (Å²) >= 11 is 0. The molecule has 2 aromatic rings. The lowest BCUT2D eigenvalue weighted by Gasteiger charge is -2.23. The molecule has 1 amide bonds. The van der Waals surface area contributed by atoms with E-state index < -0.39 is 6.10 Å². The largest absolute Gasteiger partial charge is 0.479 e. The normalized spacial score (nSPS) is 17.1. The average molecular weight is 268 g/mol. The first kappa shape index (κ1) is 12.5. The highest BCUT2D eigenvalue weighted by atomic mass is 16.5. The van der Waals surface area contributed by atoms with Crippen molar-refractivity contribution in [3.05, 3.63) is 53.6 Å². The number of carbonyl (C=O) groups excluding carboxylic acids is 1. The van der Waals surface area contributed by atoms with Gasteiger partial charge in [0.05, 0.1) is 5.69 Å². The Bertz CT molecular complexity index is 650. The molecule has 0 saturated heterocycles. The van der Waals surface area contributed by atoms with Gasteiger partial charge in [-0.3, -0.25) is 4.79 Å². The van der Waals surface area contributed by atoms with Crippen LogP contribution < -0.4 is 15.8 Å². The molecule has 4 heteroatoms. The van der Waals surface area contributed by atoms with E-state index in [0.717, 1.165) is 29.1 Å². The molecular weight excluding hydrogens is 252 g/mol. The summed E-state index contributed by atoms with van der Waals surface area (Å²) < 4.78 is 5.54. The van der Waals surface area contributed by atoms with Gasteiger partial charge >= 0.3 is 0 Å². The third-order valence-corrected chi connectivity index (χ3v) is 3.36. The number of nitrogen functional groups attached to an aromatic ring is 1. The Morgan fingerprint density at radius 3 is 2.60 bits per heavy atom. The van der Waals surface area contributed by atoms with Crippen LogP contribution in [0.15, 0.2) is 42.5 Å². The zero-order chi connectivity index (χ0) is 14.1. The number of fused-ring (bicyclic) bond motifs is 1. The molecule has 4 nitrogen and oxygen atoms in total. The number of carbonyl (C=O) groups is 1. The lowest BCUT2D eigenvalue weighted by molar-refractivity contribution is -0.122. The first-order chi connectivity index (χ1) is 9.61. The van der Waals surface area contributed by atoms with Crippen LogP contribution in [0.5, 0.6) is 5.75 Å². The maximum atomic E-state index is 11.6. The molecule has 2 aromatic carbocycles. The van der Waals surface area contributed by atoms with Crippen LogP contribution in [0.4, 0.5) is 11.4 Å². The Kier molecular flexibility index (Phi) is 3.06. The molecule has 1 atom stereocenters. The van der Waals surface area contributed by atoms with Gasteiger partial charge in [0.15, 0.2) is 6.10 Å². The summed E-state index contributed by atoms with van der Waals surface area (Å²) in [5.74, 6) is 0.611. The minimum atomic E-state index is -0.439. The van der Waals surface area contributed by atoms with Crippen molar-refractivity contribution in [3.63, 3.8) is 0 Å². The standard InChI is InChI=1S/C16H16N2O2/c1-10-16(19)18-14-9-12(4-7-15(14)20-10)8-11-2-5-13(17)6-3-11/h2-7,9-10H,8,17H2,1H3,(H,18,19). The fraction of sp³-hybridized carbons (Fsp3) is 0.188. The minimum absolute atomic E-state index is 0.109. The van der Waals surface area contributed by atoms with E-state index in [2.05, 4.69) is 5.32 Å². The Morgan fingerprint density at radius 1 is 1.15 bits per heavy atom. The highest BCUT2D eigenvalue weighted by Crippen LogP contribution is 2.31. The number of amides is 1. The Morgan fingerprint density at radius 2 is 1.85 bits per heavy atom. The summed E-state index contributed by atoms with van der Waals surface area (Å²) in [6.07, 6.45) is 0.351. The second-order valence-corrected chi connectivity index (χ2v) is 5.00. The molecule has 0 spiro atoms. The van der Waals surface area contributed by atoms with Crippen LogP contribution >= 0.6 is 0 Å². The molecule has 3 rings (SSSR count). The van der Waals surface area contributed by atoms with Gasteiger partial charge in [0, 0.05) is 5.69 Å². The molecule has 0 fully saturated rings. The predicted molar refractivity (Wildman–Crippen MR) is 78.8 cm³/mol. The smallest absolute Gasteiger partial charge is 0.265 e. The summed E-state index contributed by atoms with van der Waals surface area (Å²) in [6.45, 7) is 1.74. The lowest BCUT2D eigenvalue weighted by Crippen LogP contribution is -2.34. The van der Waals surface area contributed by atoms with Crippen LogP contribution in [0.25, 0.3) is 0 Å². The number of rotatable bonds is 2. The molecule has 0 aliphatic carbocycles. The number of ether oxygens (including phenoxy) is 1. The zero-order valence-corrected chi connectivity index (χ0v) is 11.2. The van der Waals surface area contributed by atoms with Crippen molar-refractivity contribution >= 4 is 17.3 Å². The summed E-state index contributed by atoms with van der Waals surface area (Å²) in [5, 5.41) is 2.86. The molecule has 0 radical (unpaired) electrons. The van der Waals surface area contributed by atoms with E-state index in [-0.39, 0.29) is 5.91 Å². The number of hydrogen-bond acceptors (Lipinski definition) is 3. The van der Waals surface area contributed by atoms with Crippen molar-refractivity contribution in [2.45, 2.75) is 19.4 Å². The third kappa shape index (κ3) is 2.45. The maximum absolute atomic E-state index is 11.6. The molecular formula is C16H16N2O2. The molecule has 0 bridgehead atoms. The van der Waals surface area contributed by atoms with Gasteiger partial charge in [0.2, 0.25) is 0 Å². The molecule has 20 heavy (non-hydrogen) atoms. The minimum Gasteiger partial charge on any atom is -0.479 e. The number of hydrogen-bond donors (Lipinski definition) is 2. The molecule has 1 heterocycles. The summed E-state index contributed by atoms with van der Waals surface area (Å²) in [7, 11) is 0. The van der Waals surface area contributed by atoms with E-state index in [1.165, 1.54) is 5.56 Å². The molecule has 0 aromatic heterocycles. The van der Waals surface area contributed by atoms with Crippen molar-refractivity contribution in [2.24, 2.45) is 0 Å². The molecule has 1 aliphatic rings. The Labute approximate surface area is 117 Å². The van der Waals surface area contributed by atoms with Crippen molar-refractivity contribution < 1.29 is 9.53 Å². The molecule has 1 aliphatic heterocycles. The van der Waals surface area contributed by atoms with E-state index in [9.17, 15) is 4.79 Å². The second-order valence-electron chi connectivity index (χ2n) is 5.00. The van der Waals surface area contributed by atoms with Gasteiger partial charge in [-0.05, 0) is 48.7 Å². The van der Waals surface area contributed by atoms with Gasteiger partial charge < -0.3 is 15.8 Å². The topological polar surface area (TPSA) is 64.3 Å². The van der Waals surface area contributed by atoms with E-state index in [4.69, 9.17) is 10.5 Å². The van der Waals surface area contributed by atoms with E-state index >= 15 is 0 Å². The van der Waals surface area contributed by atoms with Gasteiger partial charge in [-0.2, -0.15) is 0 Å². The van der Waals surface area contributed by atoms with Crippen LogP contribution in [-0.2, 0) is 11.2 Å². The quantitative estimate of drug-likeness (QED) is 0.823. The SMILES string of the molecule is CC1Oc2ccc(Cc3ccc(N)cc3)cc2NC1=O. The predicted octanol–water partition coefficient (Wildman–Crippen LogP) is 2.58. The third-order valence-electron chi connectivity index (χ3n) is 3.36. The first-order valence-corrected chi connectivity index (χ1v) is 6.57. The second kappa shape index (κ2) is 4.89. The van der Waals surface area contributed by atoms with Crippen molar-refractivity contribution in [2.75, 3.05) is 11.1 Å². The van der Waals surface area contributed by atoms with Crippen molar-refractivity contribution in [1.29, 1.82) is 0 Å². The number of anilines is 2. The van der Waals surface area contributed by atoms with Crippen LogP contribution in [0, 0.1) is 0 Å². The average Bonchev–Trinajstić information content (AvgIpc) is 2.43.